The van der Waals surface area contributed by atoms with Crippen LogP contribution in [0, 0.1) is 6.92 Å². The Kier molecular flexibility index (Phi) is 1.78. The minimum atomic E-state index is 0.863. The molecular formula is C7H8BO. The van der Waals surface area contributed by atoms with Crippen molar-refractivity contribution in [1.29, 1.82) is 0 Å². The number of benzene rings is 1. The molecule has 0 N–H and O–H groups in total. The Morgan fingerprint density at radius 2 is 2.22 bits per heavy atom. The molecule has 0 aromatic heterocycles. The largest absolute Gasteiger partial charge is 0.568 e. The van der Waals surface area contributed by atoms with Crippen molar-refractivity contribution in [3.63, 3.8) is 0 Å². The lowest BCUT2D eigenvalue weighted by Gasteiger charge is -1.98. The van der Waals surface area contributed by atoms with Crippen molar-refractivity contribution in [1.82, 2.24) is 0 Å². The van der Waals surface area contributed by atoms with Crippen molar-refractivity contribution in [2.75, 3.05) is 0 Å². The molecule has 0 spiro atoms. The van der Waals surface area contributed by atoms with Crippen molar-refractivity contribution in [2.45, 2.75) is 0 Å². The Bertz CT molecular complexity index is 198. The first-order valence-electron chi connectivity index (χ1n) is 2.79. The highest BCUT2D eigenvalue weighted by atomic mass is 16.4. The summed E-state index contributed by atoms with van der Waals surface area (Å²) in [5.74, 6) is 0.863. The molecule has 1 aromatic rings. The van der Waals surface area contributed by atoms with Gasteiger partial charge in [0.25, 0.3) is 0 Å². The summed E-state index contributed by atoms with van der Waals surface area (Å²) in [6.07, 6.45) is 0. The highest BCUT2D eigenvalue weighted by Gasteiger charge is 1.86. The summed E-state index contributed by atoms with van der Waals surface area (Å²) in [5, 5.41) is 0. The van der Waals surface area contributed by atoms with Gasteiger partial charge in [-0.25, -0.2) is 0 Å². The van der Waals surface area contributed by atoms with E-state index in [-0.39, 0.29) is 0 Å². The summed E-state index contributed by atoms with van der Waals surface area (Å²) in [6, 6.07) is 7.64. The zero-order valence-electron chi connectivity index (χ0n) is 5.42. The van der Waals surface area contributed by atoms with E-state index < -0.39 is 0 Å². The summed E-state index contributed by atoms with van der Waals surface area (Å²) in [6.45, 7) is 3.75. The lowest BCUT2D eigenvalue weighted by Crippen LogP contribution is -1.83. The third-order valence-electron chi connectivity index (χ3n) is 1.13. The molecule has 9 heavy (non-hydrogen) atoms. The van der Waals surface area contributed by atoms with Crippen LogP contribution < -0.4 is 4.65 Å². The smallest absolute Gasteiger partial charge is 0.322 e. The second kappa shape index (κ2) is 2.58. The molecule has 1 aromatic carbocycles. The highest BCUT2D eigenvalue weighted by molar-refractivity contribution is 5.99. The Morgan fingerprint density at radius 3 is 2.67 bits per heavy atom. The molecule has 0 amide bonds. The predicted octanol–water partition coefficient (Wildman–Crippen LogP) is 0.796. The van der Waals surface area contributed by atoms with Gasteiger partial charge in [0.2, 0.25) is 0 Å². The van der Waals surface area contributed by atoms with Crippen LogP contribution in [0.5, 0.6) is 5.75 Å². The first-order valence-corrected chi connectivity index (χ1v) is 2.79. The van der Waals surface area contributed by atoms with Crippen LogP contribution in [0.25, 0.3) is 0 Å². The molecule has 0 heterocycles. The molecule has 0 aliphatic heterocycles. The van der Waals surface area contributed by atoms with Crippen molar-refractivity contribution in [3.05, 3.63) is 36.8 Å². The predicted molar refractivity (Wildman–Crippen MR) is 40.1 cm³/mol. The van der Waals surface area contributed by atoms with Gasteiger partial charge in [-0.15, -0.1) is 0 Å². The van der Waals surface area contributed by atoms with E-state index in [1.807, 2.05) is 24.3 Å². The summed E-state index contributed by atoms with van der Waals surface area (Å²) >= 11 is 0. The number of rotatable bonds is 1. The molecule has 0 saturated heterocycles. The molecule has 0 saturated carbocycles. The Hall–Kier alpha value is -0.915. The van der Waals surface area contributed by atoms with Gasteiger partial charge in [-0.3, -0.25) is 0 Å². The Balaban J connectivity index is 2.94. The standard InChI is InChI=1S/C7H8BO/c1-6-3-2-4-7(5-6)9-8/h2-5H,1,8H2. The van der Waals surface area contributed by atoms with Crippen LogP contribution in [0.3, 0.4) is 0 Å². The molecule has 1 radical (unpaired) electrons. The normalized spacial score (nSPS) is 9.00. The monoisotopic (exact) mass is 119 g/mol. The lowest BCUT2D eigenvalue weighted by atomic mass is 10.2. The molecule has 45 valence electrons. The highest BCUT2D eigenvalue weighted by Crippen LogP contribution is 2.10. The topological polar surface area (TPSA) is 9.23 Å². The molecule has 0 bridgehead atoms. The molecule has 0 aliphatic rings. The van der Waals surface area contributed by atoms with Gasteiger partial charge in [-0.1, -0.05) is 12.1 Å². The van der Waals surface area contributed by atoms with Gasteiger partial charge in [0.05, 0.1) is 5.75 Å². The van der Waals surface area contributed by atoms with Crippen LogP contribution in [0.4, 0.5) is 0 Å². The van der Waals surface area contributed by atoms with Crippen LogP contribution >= 0.6 is 0 Å². The van der Waals surface area contributed by atoms with Gasteiger partial charge in [-0.2, -0.15) is 0 Å². The van der Waals surface area contributed by atoms with Gasteiger partial charge in [0.1, 0.15) is 0 Å². The third-order valence-corrected chi connectivity index (χ3v) is 1.13. The van der Waals surface area contributed by atoms with Crippen LogP contribution in [-0.4, -0.2) is 8.05 Å². The quantitative estimate of drug-likeness (QED) is 0.496. The molecule has 0 atom stereocenters. The minimum Gasteiger partial charge on any atom is -0.568 e. The van der Waals surface area contributed by atoms with Crippen molar-refractivity contribution in [2.24, 2.45) is 0 Å². The summed E-state index contributed by atoms with van der Waals surface area (Å²) in [7, 11) is 1.65. The molecule has 2 heteroatoms. The van der Waals surface area contributed by atoms with E-state index in [1.165, 1.54) is 0 Å². The molecule has 0 aliphatic carbocycles. The molecular weight excluding hydrogens is 111 g/mol. The van der Waals surface area contributed by atoms with Crippen LogP contribution in [0.2, 0.25) is 0 Å². The van der Waals surface area contributed by atoms with Gasteiger partial charge >= 0.3 is 8.05 Å². The maximum Gasteiger partial charge on any atom is 0.322 e. The third kappa shape index (κ3) is 1.49. The summed E-state index contributed by atoms with van der Waals surface area (Å²) in [5.41, 5.74) is 0.981. The maximum absolute atomic E-state index is 4.96. The number of hydrogen-bond donors (Lipinski definition) is 0. The van der Waals surface area contributed by atoms with Crippen LogP contribution in [0.15, 0.2) is 24.3 Å². The van der Waals surface area contributed by atoms with E-state index >= 15 is 0 Å². The fourth-order valence-corrected chi connectivity index (χ4v) is 0.672. The van der Waals surface area contributed by atoms with E-state index in [4.69, 9.17) is 4.65 Å². The second-order valence-corrected chi connectivity index (χ2v) is 1.85. The maximum atomic E-state index is 4.96. The van der Waals surface area contributed by atoms with Crippen molar-refractivity contribution < 1.29 is 4.65 Å². The lowest BCUT2D eigenvalue weighted by molar-refractivity contribution is 0.616. The molecule has 1 rings (SSSR count). The first-order chi connectivity index (χ1) is 4.33. The number of hydrogen-bond acceptors (Lipinski definition) is 1. The molecule has 0 fully saturated rings. The average molecular weight is 119 g/mol. The van der Waals surface area contributed by atoms with Crippen molar-refractivity contribution >= 4 is 8.05 Å². The summed E-state index contributed by atoms with van der Waals surface area (Å²) in [4.78, 5) is 0. The van der Waals surface area contributed by atoms with E-state index in [9.17, 15) is 0 Å². The first kappa shape index (κ1) is 6.21. The van der Waals surface area contributed by atoms with Gasteiger partial charge < -0.3 is 4.65 Å². The van der Waals surface area contributed by atoms with Crippen molar-refractivity contribution in [3.8, 4) is 5.75 Å². The van der Waals surface area contributed by atoms with Gasteiger partial charge in [0, 0.05) is 0 Å². The minimum absolute atomic E-state index is 0.863. The van der Waals surface area contributed by atoms with E-state index in [0.29, 0.717) is 0 Å². The van der Waals surface area contributed by atoms with Crippen LogP contribution in [0.1, 0.15) is 5.56 Å². The second-order valence-electron chi connectivity index (χ2n) is 1.85. The fourth-order valence-electron chi connectivity index (χ4n) is 0.672. The fraction of sp³-hybridized carbons (Fsp3) is 0. The average Bonchev–Trinajstić information content (AvgIpc) is 1.88. The van der Waals surface area contributed by atoms with E-state index in [1.54, 1.807) is 8.05 Å². The van der Waals surface area contributed by atoms with Crippen LogP contribution in [-0.2, 0) is 0 Å². The summed E-state index contributed by atoms with van der Waals surface area (Å²) < 4.78 is 4.96. The van der Waals surface area contributed by atoms with Gasteiger partial charge in [-0.05, 0) is 24.6 Å². The SMILES string of the molecule is BOc1cccc([CH2])c1. The molecule has 1 nitrogen and oxygen atoms in total. The van der Waals surface area contributed by atoms with E-state index in [0.717, 1.165) is 11.3 Å². The zero-order valence-corrected chi connectivity index (χ0v) is 5.42. The Morgan fingerprint density at radius 1 is 1.44 bits per heavy atom. The molecule has 0 unspecified atom stereocenters. The zero-order chi connectivity index (χ0) is 6.69. The Labute approximate surface area is 56.1 Å². The van der Waals surface area contributed by atoms with Gasteiger partial charge in [0.15, 0.2) is 0 Å². The van der Waals surface area contributed by atoms with E-state index in [2.05, 4.69) is 6.92 Å².